The molecule has 0 bridgehead atoms. The van der Waals surface area contributed by atoms with Crippen molar-refractivity contribution in [2.24, 2.45) is 5.10 Å². The van der Waals surface area contributed by atoms with Gasteiger partial charge in [-0.1, -0.05) is 39.7 Å². The molecule has 10 heteroatoms. The second-order valence-corrected chi connectivity index (χ2v) is 8.08. The van der Waals surface area contributed by atoms with Gasteiger partial charge in [-0.3, -0.25) is 9.59 Å². The van der Waals surface area contributed by atoms with Crippen LogP contribution in [0.15, 0.2) is 76.3 Å². The molecule has 0 saturated carbocycles. The summed E-state index contributed by atoms with van der Waals surface area (Å²) >= 11 is 9.40. The Hall–Kier alpha value is -3.69. The lowest BCUT2D eigenvalue weighted by Crippen LogP contribution is -2.34. The number of carbonyl (C=O) groups is 3. The molecule has 0 aromatic heterocycles. The molecule has 34 heavy (non-hydrogen) atoms. The van der Waals surface area contributed by atoms with Crippen molar-refractivity contribution in [2.75, 3.05) is 13.7 Å². The third-order valence-corrected chi connectivity index (χ3v) is 5.25. The average Bonchev–Trinajstić information content (AvgIpc) is 2.84. The first kappa shape index (κ1) is 24.9. The number of hydrazone groups is 1. The van der Waals surface area contributed by atoms with Crippen LogP contribution in [0, 0.1) is 0 Å². The lowest BCUT2D eigenvalue weighted by atomic mass is 10.2. The average molecular weight is 545 g/mol. The summed E-state index contributed by atoms with van der Waals surface area (Å²) in [5.41, 5.74) is 3.35. The van der Waals surface area contributed by atoms with Crippen molar-refractivity contribution in [3.63, 3.8) is 0 Å². The van der Waals surface area contributed by atoms with Crippen LogP contribution in [-0.2, 0) is 4.79 Å². The first-order valence-electron chi connectivity index (χ1n) is 9.88. The van der Waals surface area contributed by atoms with E-state index in [1.54, 1.807) is 66.7 Å². The predicted octanol–water partition coefficient (Wildman–Crippen LogP) is 4.21. The number of halogens is 2. The number of hydrogen-bond donors (Lipinski definition) is 2. The van der Waals surface area contributed by atoms with Gasteiger partial charge in [-0.2, -0.15) is 5.10 Å². The number of methoxy groups -OCH3 is 1. The molecule has 0 unspecified atom stereocenters. The number of rotatable bonds is 8. The summed E-state index contributed by atoms with van der Waals surface area (Å²) < 4.78 is 11.2. The van der Waals surface area contributed by atoms with Crippen LogP contribution in [0.2, 0.25) is 5.02 Å². The molecule has 0 fully saturated rings. The van der Waals surface area contributed by atoms with E-state index in [9.17, 15) is 14.4 Å². The molecule has 0 radical (unpaired) electrons. The number of nitrogens with zero attached hydrogens (tertiary/aromatic N) is 1. The molecule has 0 heterocycles. The van der Waals surface area contributed by atoms with Crippen LogP contribution in [0.4, 0.5) is 0 Å². The molecule has 0 atom stereocenters. The Labute approximate surface area is 209 Å². The number of ether oxygens (including phenoxy) is 2. The lowest BCUT2D eigenvalue weighted by Gasteiger charge is -2.09. The molecule has 3 aromatic carbocycles. The van der Waals surface area contributed by atoms with E-state index in [2.05, 4.69) is 31.8 Å². The van der Waals surface area contributed by atoms with Crippen molar-refractivity contribution in [2.45, 2.75) is 0 Å². The van der Waals surface area contributed by atoms with E-state index < -0.39 is 17.8 Å². The van der Waals surface area contributed by atoms with Gasteiger partial charge in [0.2, 0.25) is 0 Å². The molecular weight excluding hydrogens is 526 g/mol. The summed E-state index contributed by atoms with van der Waals surface area (Å²) in [6.45, 7) is -0.283. The normalized spacial score (nSPS) is 10.6. The van der Waals surface area contributed by atoms with Crippen LogP contribution >= 0.6 is 27.5 Å². The number of nitrogens with one attached hydrogen (secondary N) is 2. The number of carbonyl (C=O) groups excluding carboxylic acids is 3. The van der Waals surface area contributed by atoms with Gasteiger partial charge in [0.25, 0.3) is 11.8 Å². The monoisotopic (exact) mass is 543 g/mol. The molecule has 0 aliphatic heterocycles. The summed E-state index contributed by atoms with van der Waals surface area (Å²) in [6, 6.07) is 17.9. The molecule has 2 N–H and O–H groups in total. The van der Waals surface area contributed by atoms with E-state index in [1.165, 1.54) is 13.3 Å². The second-order valence-electron chi connectivity index (χ2n) is 6.76. The first-order valence-corrected chi connectivity index (χ1v) is 11.0. The van der Waals surface area contributed by atoms with Crippen LogP contribution in [0.5, 0.6) is 11.5 Å². The van der Waals surface area contributed by atoms with Gasteiger partial charge in [0.1, 0.15) is 11.5 Å². The van der Waals surface area contributed by atoms with E-state index in [-0.39, 0.29) is 22.9 Å². The fraction of sp³-hybridized carbons (Fsp3) is 0.0833. The Morgan fingerprint density at radius 1 is 1.06 bits per heavy atom. The highest BCUT2D eigenvalue weighted by Gasteiger charge is 2.14. The highest BCUT2D eigenvalue weighted by Crippen LogP contribution is 2.24. The van der Waals surface area contributed by atoms with Crippen molar-refractivity contribution in [3.8, 4) is 11.5 Å². The van der Waals surface area contributed by atoms with Crippen molar-refractivity contribution in [1.29, 1.82) is 0 Å². The fourth-order valence-electron chi connectivity index (χ4n) is 2.71. The molecule has 3 rings (SSSR count). The maximum atomic E-state index is 12.5. The SMILES string of the molecule is COc1ccc(C(=O)NCC(=O)N/N=C\c2cc(Br)ccc2OC(=O)c2ccccc2Cl)cc1. The zero-order valence-corrected chi connectivity index (χ0v) is 20.2. The fourth-order valence-corrected chi connectivity index (χ4v) is 3.30. The van der Waals surface area contributed by atoms with Gasteiger partial charge in [0.15, 0.2) is 0 Å². The summed E-state index contributed by atoms with van der Waals surface area (Å²) in [5.74, 6) is -0.745. The summed E-state index contributed by atoms with van der Waals surface area (Å²) in [4.78, 5) is 36.7. The molecule has 0 aliphatic carbocycles. The molecule has 0 aliphatic rings. The number of esters is 1. The molecular formula is C24H19BrClN3O5. The topological polar surface area (TPSA) is 106 Å². The molecule has 174 valence electrons. The standard InChI is InChI=1S/C24H19BrClN3O5/c1-33-18-9-6-15(7-10-18)23(31)27-14-22(30)29-28-13-16-12-17(25)8-11-21(16)34-24(32)19-4-2-3-5-20(19)26/h2-13H,14H2,1H3,(H,27,31)(H,29,30)/b28-13-. The maximum Gasteiger partial charge on any atom is 0.345 e. The maximum absolute atomic E-state index is 12.5. The zero-order chi connectivity index (χ0) is 24.5. The van der Waals surface area contributed by atoms with Crippen LogP contribution < -0.4 is 20.2 Å². The van der Waals surface area contributed by atoms with Gasteiger partial charge >= 0.3 is 5.97 Å². The highest BCUT2D eigenvalue weighted by molar-refractivity contribution is 9.10. The van der Waals surface area contributed by atoms with Crippen LogP contribution in [0.1, 0.15) is 26.3 Å². The summed E-state index contributed by atoms with van der Waals surface area (Å²) in [5, 5.41) is 6.65. The van der Waals surface area contributed by atoms with Crippen LogP contribution in [0.3, 0.4) is 0 Å². The molecule has 8 nitrogen and oxygen atoms in total. The minimum atomic E-state index is -0.632. The number of amides is 2. The molecule has 3 aromatic rings. The Morgan fingerprint density at radius 2 is 1.79 bits per heavy atom. The molecule has 0 saturated heterocycles. The van der Waals surface area contributed by atoms with E-state index in [0.29, 0.717) is 21.3 Å². The van der Waals surface area contributed by atoms with E-state index >= 15 is 0 Å². The molecule has 0 spiro atoms. The largest absolute Gasteiger partial charge is 0.497 e. The zero-order valence-electron chi connectivity index (χ0n) is 17.9. The third-order valence-electron chi connectivity index (χ3n) is 4.42. The number of benzene rings is 3. The lowest BCUT2D eigenvalue weighted by molar-refractivity contribution is -0.120. The van der Waals surface area contributed by atoms with Gasteiger partial charge in [0.05, 0.1) is 30.5 Å². The van der Waals surface area contributed by atoms with E-state index in [0.717, 1.165) is 0 Å². The minimum absolute atomic E-state index is 0.218. The smallest absolute Gasteiger partial charge is 0.345 e. The van der Waals surface area contributed by atoms with Crippen LogP contribution in [-0.4, -0.2) is 37.7 Å². The highest BCUT2D eigenvalue weighted by atomic mass is 79.9. The Balaban J connectivity index is 1.58. The summed E-state index contributed by atoms with van der Waals surface area (Å²) in [7, 11) is 1.53. The minimum Gasteiger partial charge on any atom is -0.497 e. The van der Waals surface area contributed by atoms with Gasteiger partial charge in [-0.05, 0) is 54.6 Å². The Kier molecular flexibility index (Phi) is 8.78. The first-order chi connectivity index (χ1) is 16.4. The van der Waals surface area contributed by atoms with E-state index in [4.69, 9.17) is 21.1 Å². The summed E-state index contributed by atoms with van der Waals surface area (Å²) in [6.07, 6.45) is 1.32. The van der Waals surface area contributed by atoms with Gasteiger partial charge in [0, 0.05) is 15.6 Å². The van der Waals surface area contributed by atoms with Crippen molar-refractivity contribution < 1.29 is 23.9 Å². The van der Waals surface area contributed by atoms with Crippen molar-refractivity contribution in [1.82, 2.24) is 10.7 Å². The van der Waals surface area contributed by atoms with Gasteiger partial charge in [-0.15, -0.1) is 0 Å². The molecule has 2 amide bonds. The Morgan fingerprint density at radius 3 is 2.50 bits per heavy atom. The number of hydrogen-bond acceptors (Lipinski definition) is 6. The Bertz CT molecular complexity index is 1230. The third kappa shape index (κ3) is 6.90. The van der Waals surface area contributed by atoms with Gasteiger partial charge in [-0.25, -0.2) is 10.2 Å². The van der Waals surface area contributed by atoms with E-state index in [1.807, 2.05) is 0 Å². The van der Waals surface area contributed by atoms with Crippen LogP contribution in [0.25, 0.3) is 0 Å². The van der Waals surface area contributed by atoms with Gasteiger partial charge < -0.3 is 14.8 Å². The second kappa shape index (κ2) is 12.0. The quantitative estimate of drug-likeness (QED) is 0.191. The van der Waals surface area contributed by atoms with Crippen molar-refractivity contribution in [3.05, 3.63) is 92.9 Å². The van der Waals surface area contributed by atoms with Crippen molar-refractivity contribution >= 4 is 51.5 Å². The predicted molar refractivity (Wildman–Crippen MR) is 132 cm³/mol.